The average molecular weight is 1540 g/mol. The first-order valence-corrected chi connectivity index (χ1v) is 45.1. The number of hydrogen-bond acceptors (Lipinski definition) is 14. The lowest BCUT2D eigenvalue weighted by molar-refractivity contribution is -0.161. The van der Waals surface area contributed by atoms with Gasteiger partial charge in [0.15, 0.2) is 6.10 Å². The second-order valence-corrected chi connectivity index (χ2v) is 30.8. The van der Waals surface area contributed by atoms with Gasteiger partial charge in [0.05, 0.1) is 26.4 Å². The molecular weight excluding hydrogens is 1390 g/mol. The van der Waals surface area contributed by atoms with Crippen LogP contribution in [0.3, 0.4) is 0 Å². The summed E-state index contributed by atoms with van der Waals surface area (Å²) in [5, 5.41) is 20.6. The fourth-order valence-electron chi connectivity index (χ4n) is 11.2. The molecule has 0 amide bonds. The van der Waals surface area contributed by atoms with E-state index in [0.717, 1.165) is 161 Å². The Bertz CT molecular complexity index is 2530. The van der Waals surface area contributed by atoms with E-state index in [1.165, 1.54) is 122 Å². The van der Waals surface area contributed by atoms with Crippen LogP contribution in [0.15, 0.2) is 146 Å². The van der Waals surface area contributed by atoms with Gasteiger partial charge < -0.3 is 34.2 Å². The number of rotatable bonds is 79. The zero-order valence-electron chi connectivity index (χ0n) is 67.3. The number of aliphatic hydroxyl groups is 2. The Morgan fingerprint density at radius 3 is 0.794 bits per heavy atom. The monoisotopic (exact) mass is 1540 g/mol. The van der Waals surface area contributed by atoms with Gasteiger partial charge in [-0.25, -0.2) is 9.13 Å². The highest BCUT2D eigenvalue weighted by molar-refractivity contribution is 7.47. The van der Waals surface area contributed by atoms with Crippen molar-refractivity contribution in [2.45, 2.75) is 360 Å². The van der Waals surface area contributed by atoms with Gasteiger partial charge in [-0.05, 0) is 135 Å². The maximum absolute atomic E-state index is 12.9. The van der Waals surface area contributed by atoms with E-state index in [2.05, 4.69) is 167 Å². The van der Waals surface area contributed by atoms with Crippen molar-refractivity contribution in [3.8, 4) is 0 Å². The van der Waals surface area contributed by atoms with Crippen molar-refractivity contribution in [2.24, 2.45) is 0 Å². The van der Waals surface area contributed by atoms with Crippen LogP contribution in [-0.4, -0.2) is 95.9 Å². The summed E-state index contributed by atoms with van der Waals surface area (Å²) in [4.78, 5) is 58.6. The summed E-state index contributed by atoms with van der Waals surface area (Å²) < 4.78 is 61.1. The molecule has 5 atom stereocenters. The minimum Gasteiger partial charge on any atom is -0.463 e. The van der Waals surface area contributed by atoms with Crippen LogP contribution in [0, 0.1) is 0 Å². The molecule has 0 aromatic heterocycles. The number of hydrogen-bond donors (Lipinski definition) is 4. The molecule has 0 fully saturated rings. The van der Waals surface area contributed by atoms with Crippen LogP contribution in [-0.2, 0) is 55.8 Å². The highest BCUT2D eigenvalue weighted by Crippen LogP contribution is 2.45. The van der Waals surface area contributed by atoms with Crippen LogP contribution in [0.1, 0.15) is 342 Å². The molecule has 0 aliphatic heterocycles. The van der Waals surface area contributed by atoms with E-state index in [-0.39, 0.29) is 19.3 Å². The van der Waals surface area contributed by atoms with Gasteiger partial charge in [0.1, 0.15) is 25.4 Å². The smallest absolute Gasteiger partial charge is 0.463 e. The molecule has 0 heterocycles. The third kappa shape index (κ3) is 82.2. The first-order valence-electron chi connectivity index (χ1n) is 42.1. The van der Waals surface area contributed by atoms with Crippen LogP contribution in [0.2, 0.25) is 0 Å². The molecule has 18 heteroatoms. The zero-order chi connectivity index (χ0) is 78.0. The second-order valence-electron chi connectivity index (χ2n) is 27.9. The summed E-state index contributed by atoms with van der Waals surface area (Å²) in [6.07, 6.45) is 101. The summed E-state index contributed by atoms with van der Waals surface area (Å²) >= 11 is 0. The standard InChI is InChI=1S/C89H152O16P2/c1-4-7-10-13-16-19-22-24-26-28-30-32-34-36-37-38-39-40-41-42-43-44-45-47-49-50-52-54-56-58-61-63-66-69-72-75-87(92)99-78-84(90)79-101-106(95,96)102-80-85(91)81-103-107(97,98)104-83-86(105-89(94)77-74-71-68-65-60-21-18-15-12-9-6-3)82-100-88(93)76-73-70-67-64-62-59-57-55-53-51-48-46-35-33-31-29-27-25-23-20-17-14-11-8-5-2/h7-8,10-11,15-20,24-27,30-33,36-37,39-40,46,48,84-86,90-91H,4-6,9,12-14,21-23,28-29,34-35,38,41-45,47,49-83H2,1-3H3,(H,95,96)(H,97,98)/b10-7-,11-8-,18-15-,19-16-,20-17-,26-24-,27-25-,32-30-,33-31-,37-36-,40-39-,48-46-. The molecule has 0 aromatic carbocycles. The minimum absolute atomic E-state index is 0.0909. The number of carbonyl (C=O) groups is 3. The number of carbonyl (C=O) groups excluding carboxylic acids is 3. The van der Waals surface area contributed by atoms with Gasteiger partial charge in [-0.15, -0.1) is 0 Å². The Balaban J connectivity index is 4.36. The van der Waals surface area contributed by atoms with Crippen molar-refractivity contribution in [3.05, 3.63) is 146 Å². The Labute approximate surface area is 651 Å². The fourth-order valence-corrected chi connectivity index (χ4v) is 12.8. The van der Waals surface area contributed by atoms with Crippen molar-refractivity contribution in [3.63, 3.8) is 0 Å². The summed E-state index contributed by atoms with van der Waals surface area (Å²) in [5.74, 6) is -1.59. The Morgan fingerprint density at radius 1 is 0.271 bits per heavy atom. The van der Waals surface area contributed by atoms with Crippen LogP contribution >= 0.6 is 15.6 Å². The summed E-state index contributed by atoms with van der Waals surface area (Å²) in [6.45, 7) is 2.41. The molecule has 0 radical (unpaired) electrons. The molecule has 0 bridgehead atoms. The first kappa shape index (κ1) is 102. The molecule has 0 aromatic rings. The molecule has 0 saturated carbocycles. The third-order valence-corrected chi connectivity index (χ3v) is 19.4. The van der Waals surface area contributed by atoms with E-state index in [9.17, 15) is 43.5 Å². The highest BCUT2D eigenvalue weighted by atomic mass is 31.2. The van der Waals surface area contributed by atoms with Crippen molar-refractivity contribution in [2.75, 3.05) is 39.6 Å². The number of phosphoric acid groups is 2. The Morgan fingerprint density at radius 2 is 0.495 bits per heavy atom. The van der Waals surface area contributed by atoms with E-state index in [1.807, 2.05) is 0 Å². The molecule has 614 valence electrons. The van der Waals surface area contributed by atoms with Gasteiger partial charge in [0.25, 0.3) is 0 Å². The quantitative estimate of drug-likeness (QED) is 0.0146. The lowest BCUT2D eigenvalue weighted by Crippen LogP contribution is -2.30. The normalized spacial score (nSPS) is 14.6. The topological polar surface area (TPSA) is 231 Å². The molecule has 0 spiro atoms. The van der Waals surface area contributed by atoms with Crippen molar-refractivity contribution in [1.29, 1.82) is 0 Å². The Hall–Kier alpha value is -4.57. The largest absolute Gasteiger partial charge is 0.472 e. The SMILES string of the molecule is CC/C=C\C/C=C\C/C=C\C/C=C\C/C=C\C/C=C\CCCCCCCCCCCCCCCCCCC(=O)OCC(O)COP(=O)(O)OCC(O)COP(=O)(O)OCC(COC(=O)CCCCCCCCCCC/C=C\C/C=C\C/C=C\C/C=C\C/C=C\CC)OC(=O)CCCCCCC/C=C\CCCC. The molecule has 0 saturated heterocycles. The van der Waals surface area contributed by atoms with Crippen LogP contribution in [0.4, 0.5) is 0 Å². The van der Waals surface area contributed by atoms with Gasteiger partial charge in [-0.3, -0.25) is 32.5 Å². The molecule has 0 aliphatic carbocycles. The molecule has 16 nitrogen and oxygen atoms in total. The van der Waals surface area contributed by atoms with E-state index in [0.29, 0.717) is 19.3 Å². The van der Waals surface area contributed by atoms with Crippen LogP contribution < -0.4 is 0 Å². The maximum Gasteiger partial charge on any atom is 0.472 e. The van der Waals surface area contributed by atoms with Gasteiger partial charge in [0.2, 0.25) is 0 Å². The minimum atomic E-state index is -4.93. The highest BCUT2D eigenvalue weighted by Gasteiger charge is 2.29. The predicted molar refractivity (Wildman–Crippen MR) is 445 cm³/mol. The molecule has 107 heavy (non-hydrogen) atoms. The molecule has 5 unspecified atom stereocenters. The van der Waals surface area contributed by atoms with Gasteiger partial charge in [-0.2, -0.15) is 0 Å². The van der Waals surface area contributed by atoms with Crippen molar-refractivity contribution in [1.82, 2.24) is 0 Å². The number of aliphatic hydroxyl groups excluding tert-OH is 2. The summed E-state index contributed by atoms with van der Waals surface area (Å²) in [5.41, 5.74) is 0. The second kappa shape index (κ2) is 80.9. The number of esters is 3. The van der Waals surface area contributed by atoms with E-state index in [1.54, 1.807) is 0 Å². The van der Waals surface area contributed by atoms with E-state index in [4.69, 9.17) is 32.3 Å². The van der Waals surface area contributed by atoms with Crippen molar-refractivity contribution < 1.29 is 75.8 Å². The predicted octanol–water partition coefficient (Wildman–Crippen LogP) is 25.2. The molecular formula is C89H152O16P2. The van der Waals surface area contributed by atoms with Gasteiger partial charge in [0, 0.05) is 19.3 Å². The summed E-state index contributed by atoms with van der Waals surface area (Å²) in [6, 6.07) is 0. The van der Waals surface area contributed by atoms with Gasteiger partial charge >= 0.3 is 33.6 Å². The number of allylic oxidation sites excluding steroid dienone is 24. The van der Waals surface area contributed by atoms with E-state index < -0.39 is 91.5 Å². The fraction of sp³-hybridized carbons (Fsp3) is 0.697. The lowest BCUT2D eigenvalue weighted by atomic mass is 10.0. The number of unbranched alkanes of at least 4 members (excludes halogenated alkanes) is 32. The summed E-state index contributed by atoms with van der Waals surface area (Å²) in [7, 11) is -9.79. The molecule has 4 N–H and O–H groups in total. The maximum atomic E-state index is 12.9. The van der Waals surface area contributed by atoms with Gasteiger partial charge in [-0.1, -0.05) is 334 Å². The van der Waals surface area contributed by atoms with Crippen molar-refractivity contribution >= 4 is 33.6 Å². The third-order valence-electron chi connectivity index (χ3n) is 17.5. The number of ether oxygens (including phenoxy) is 3. The number of phosphoric ester groups is 2. The Kier molecular flexibility index (Phi) is 77.5. The first-order chi connectivity index (χ1) is 52.2. The molecule has 0 aliphatic rings. The lowest BCUT2D eigenvalue weighted by Gasteiger charge is -2.21. The van der Waals surface area contributed by atoms with Crippen LogP contribution in [0.5, 0.6) is 0 Å². The van der Waals surface area contributed by atoms with Crippen LogP contribution in [0.25, 0.3) is 0 Å². The zero-order valence-corrected chi connectivity index (χ0v) is 69.1. The average Bonchev–Trinajstić information content (AvgIpc) is 0.903. The molecule has 0 rings (SSSR count). The van der Waals surface area contributed by atoms with E-state index >= 15 is 0 Å².